The first kappa shape index (κ1) is 18.6. The van der Waals surface area contributed by atoms with Crippen molar-refractivity contribution in [1.82, 2.24) is 0 Å². The highest BCUT2D eigenvalue weighted by atomic mass is 31.1. The average molecular weight is 381 g/mol. The average Bonchev–Trinajstić information content (AvgIpc) is 3.24. The molecule has 0 N–H and O–H groups in total. The van der Waals surface area contributed by atoms with E-state index in [1.54, 1.807) is 0 Å². The molecule has 28 heavy (non-hydrogen) atoms. The largest absolute Gasteiger partial charge is 0.285 e. The van der Waals surface area contributed by atoms with Crippen LogP contribution in [0.15, 0.2) is 119 Å². The van der Waals surface area contributed by atoms with E-state index in [9.17, 15) is 0 Å². The maximum Gasteiger partial charge on any atom is 0.0724 e. The van der Waals surface area contributed by atoms with Gasteiger partial charge >= 0.3 is 0 Å². The third-order valence-corrected chi connectivity index (χ3v) is 7.46. The van der Waals surface area contributed by atoms with Crippen molar-refractivity contribution in [3.63, 3.8) is 0 Å². The van der Waals surface area contributed by atoms with Crippen LogP contribution in [0.25, 0.3) is 0 Å². The van der Waals surface area contributed by atoms with Crippen LogP contribution in [0.5, 0.6) is 0 Å². The van der Waals surface area contributed by atoms with E-state index in [-0.39, 0.29) is 6.04 Å². The van der Waals surface area contributed by atoms with Gasteiger partial charge in [-0.25, -0.2) is 0 Å². The highest BCUT2D eigenvalue weighted by Crippen LogP contribution is 2.49. The van der Waals surface area contributed by atoms with E-state index in [1.165, 1.54) is 21.5 Å². The molecule has 0 aromatic heterocycles. The van der Waals surface area contributed by atoms with Crippen LogP contribution in [-0.4, -0.2) is 12.3 Å². The van der Waals surface area contributed by atoms with Gasteiger partial charge in [-0.15, -0.1) is 0 Å². The highest BCUT2D eigenvalue weighted by molar-refractivity contribution is 7.77. The van der Waals surface area contributed by atoms with Gasteiger partial charge in [0, 0.05) is 6.21 Å². The predicted octanol–water partition coefficient (Wildman–Crippen LogP) is 5.84. The Morgan fingerprint density at radius 1 is 0.750 bits per heavy atom. The number of nitrogens with zero attached hydrogens (tertiary/aromatic N) is 1. The van der Waals surface area contributed by atoms with Crippen LogP contribution in [0.1, 0.15) is 18.9 Å². The van der Waals surface area contributed by atoms with Crippen molar-refractivity contribution < 1.29 is 0 Å². The van der Waals surface area contributed by atoms with Crippen molar-refractivity contribution in [3.8, 4) is 0 Å². The summed E-state index contributed by atoms with van der Waals surface area (Å²) >= 11 is 0. The lowest BCUT2D eigenvalue weighted by Crippen LogP contribution is -2.15. The summed E-state index contributed by atoms with van der Waals surface area (Å²) in [6.45, 7) is 2.20. The number of benzene rings is 3. The van der Waals surface area contributed by atoms with E-state index in [1.807, 2.05) is 12.3 Å². The first-order valence-electron chi connectivity index (χ1n) is 9.72. The van der Waals surface area contributed by atoms with Crippen LogP contribution >= 0.6 is 7.92 Å². The van der Waals surface area contributed by atoms with Gasteiger partial charge in [0.2, 0.25) is 0 Å². The smallest absolute Gasteiger partial charge is 0.0724 e. The molecule has 0 fully saturated rings. The second-order valence-corrected chi connectivity index (χ2v) is 9.04. The van der Waals surface area contributed by atoms with E-state index >= 15 is 0 Å². The van der Waals surface area contributed by atoms with Gasteiger partial charge in [0.15, 0.2) is 0 Å². The van der Waals surface area contributed by atoms with Gasteiger partial charge in [-0.2, -0.15) is 0 Å². The molecule has 1 aliphatic carbocycles. The summed E-state index contributed by atoms with van der Waals surface area (Å²) < 4.78 is 0. The SMILES string of the molecule is C[C@@H](N=Cc1ccccc1)C1=CCC=C1P(c1ccccc1)c1ccccc1. The number of allylic oxidation sites excluding steroid dienone is 2. The molecule has 4 rings (SSSR count). The summed E-state index contributed by atoms with van der Waals surface area (Å²) in [4.78, 5) is 4.87. The van der Waals surface area contributed by atoms with Gasteiger partial charge in [0.1, 0.15) is 0 Å². The molecule has 1 nitrogen and oxygen atoms in total. The van der Waals surface area contributed by atoms with Gasteiger partial charge in [0.05, 0.1) is 6.04 Å². The van der Waals surface area contributed by atoms with Crippen LogP contribution in [0.2, 0.25) is 0 Å². The molecule has 3 aromatic carbocycles. The Bertz CT molecular complexity index is 949. The van der Waals surface area contributed by atoms with Gasteiger partial charge in [-0.3, -0.25) is 4.99 Å². The minimum absolute atomic E-state index is 0.145. The zero-order chi connectivity index (χ0) is 19.2. The molecule has 0 radical (unpaired) electrons. The molecule has 138 valence electrons. The molecule has 1 aliphatic rings. The van der Waals surface area contributed by atoms with Crippen molar-refractivity contribution in [1.29, 1.82) is 0 Å². The highest BCUT2D eigenvalue weighted by Gasteiger charge is 2.26. The molecule has 2 heteroatoms. The zero-order valence-corrected chi connectivity index (χ0v) is 17.0. The Labute approximate surface area is 168 Å². The lowest BCUT2D eigenvalue weighted by atomic mass is 10.1. The molecule has 0 spiro atoms. The minimum atomic E-state index is -0.570. The normalized spacial score (nSPS) is 14.9. The maximum absolute atomic E-state index is 4.87. The third kappa shape index (κ3) is 4.21. The van der Waals surface area contributed by atoms with Gasteiger partial charge < -0.3 is 0 Å². The molecule has 0 unspecified atom stereocenters. The van der Waals surface area contributed by atoms with Crippen LogP contribution in [-0.2, 0) is 0 Å². The molecule has 0 amide bonds. The lowest BCUT2D eigenvalue weighted by Gasteiger charge is -2.24. The standard InChI is InChI=1S/C26H24NP/c1-21(27-20-22-12-5-2-6-13-22)25-18-11-19-26(25)28(23-14-7-3-8-15-23)24-16-9-4-10-17-24/h2-10,12-21H,11H2,1H3/t21-/m1/s1. The summed E-state index contributed by atoms with van der Waals surface area (Å²) in [6, 6.07) is 32.3. The first-order chi connectivity index (χ1) is 13.8. The second-order valence-electron chi connectivity index (χ2n) is 6.86. The van der Waals surface area contributed by atoms with Crippen molar-refractivity contribution >= 4 is 24.7 Å². The minimum Gasteiger partial charge on any atom is -0.285 e. The number of rotatable bonds is 6. The molecule has 0 saturated carbocycles. The van der Waals surface area contributed by atoms with Crippen LogP contribution in [0.4, 0.5) is 0 Å². The van der Waals surface area contributed by atoms with E-state index in [4.69, 9.17) is 4.99 Å². The number of aliphatic imine (C=N–C) groups is 1. The van der Waals surface area contributed by atoms with Gasteiger partial charge in [-0.05, 0) is 48.3 Å². The van der Waals surface area contributed by atoms with Gasteiger partial charge in [-0.1, -0.05) is 103 Å². The third-order valence-electron chi connectivity index (χ3n) is 4.91. The summed E-state index contributed by atoms with van der Waals surface area (Å²) in [5, 5.41) is 4.23. The van der Waals surface area contributed by atoms with E-state index in [0.29, 0.717) is 0 Å². The van der Waals surface area contributed by atoms with E-state index < -0.39 is 7.92 Å². The Morgan fingerprint density at radius 3 is 1.86 bits per heavy atom. The monoisotopic (exact) mass is 381 g/mol. The Morgan fingerprint density at radius 2 is 1.29 bits per heavy atom. The Hall–Kier alpha value is -2.76. The van der Waals surface area contributed by atoms with E-state index in [2.05, 4.69) is 104 Å². The molecule has 0 heterocycles. The first-order valence-corrected chi connectivity index (χ1v) is 11.1. The fourth-order valence-electron chi connectivity index (χ4n) is 3.52. The van der Waals surface area contributed by atoms with Crippen molar-refractivity contribution in [2.75, 3.05) is 0 Å². The second kappa shape index (κ2) is 8.95. The lowest BCUT2D eigenvalue weighted by molar-refractivity contribution is 0.889. The topological polar surface area (TPSA) is 12.4 Å². The zero-order valence-electron chi connectivity index (χ0n) is 16.1. The van der Waals surface area contributed by atoms with Crippen LogP contribution in [0, 0.1) is 0 Å². The molecular formula is C26H24NP. The number of hydrogen-bond donors (Lipinski definition) is 0. The summed E-state index contributed by atoms with van der Waals surface area (Å²) in [7, 11) is -0.570. The summed E-state index contributed by atoms with van der Waals surface area (Å²) in [5.74, 6) is 0. The summed E-state index contributed by atoms with van der Waals surface area (Å²) in [5.41, 5.74) is 2.51. The summed E-state index contributed by atoms with van der Waals surface area (Å²) in [6.07, 6.45) is 7.74. The Kier molecular flexibility index (Phi) is 5.95. The molecule has 0 saturated heterocycles. The van der Waals surface area contributed by atoms with Crippen molar-refractivity contribution in [2.45, 2.75) is 19.4 Å². The quantitative estimate of drug-likeness (QED) is 0.376. The van der Waals surface area contributed by atoms with E-state index in [0.717, 1.165) is 12.0 Å². The predicted molar refractivity (Wildman–Crippen MR) is 123 cm³/mol. The van der Waals surface area contributed by atoms with Crippen molar-refractivity contribution in [3.05, 3.63) is 120 Å². The molecule has 0 aliphatic heterocycles. The Balaban J connectivity index is 1.65. The van der Waals surface area contributed by atoms with Gasteiger partial charge in [0.25, 0.3) is 0 Å². The molecule has 0 bridgehead atoms. The van der Waals surface area contributed by atoms with Crippen molar-refractivity contribution in [2.24, 2.45) is 4.99 Å². The van der Waals surface area contributed by atoms with Crippen LogP contribution < -0.4 is 10.6 Å². The molecular weight excluding hydrogens is 357 g/mol. The fourth-order valence-corrected chi connectivity index (χ4v) is 6.14. The number of hydrogen-bond acceptors (Lipinski definition) is 1. The van der Waals surface area contributed by atoms with Crippen LogP contribution in [0.3, 0.4) is 0 Å². The fraction of sp³-hybridized carbons (Fsp3) is 0.115. The molecule has 3 aromatic rings. The maximum atomic E-state index is 4.87. The molecule has 1 atom stereocenters.